The number of hydrogen-bond donors (Lipinski definition) is 1. The second-order valence-electron chi connectivity index (χ2n) is 7.41. The number of benzene rings is 2. The summed E-state index contributed by atoms with van der Waals surface area (Å²) in [5.41, 5.74) is 2.76. The summed E-state index contributed by atoms with van der Waals surface area (Å²) in [6.45, 7) is 6.27. The zero-order chi connectivity index (χ0) is 17.7. The molecule has 0 radical (unpaired) electrons. The van der Waals surface area contributed by atoms with E-state index >= 15 is 0 Å². The molecule has 0 aliphatic heterocycles. The molecular formula is C22H28N2O. The number of nitrogens with zero attached hydrogens (tertiary/aromatic N) is 1. The van der Waals surface area contributed by atoms with Crippen LogP contribution in [0.3, 0.4) is 0 Å². The van der Waals surface area contributed by atoms with E-state index in [2.05, 4.69) is 60.5 Å². The van der Waals surface area contributed by atoms with Crippen molar-refractivity contribution in [2.24, 2.45) is 0 Å². The van der Waals surface area contributed by atoms with E-state index in [0.29, 0.717) is 12.6 Å². The maximum absolute atomic E-state index is 12.5. The molecule has 3 rings (SSSR count). The average molecular weight is 336 g/mol. The van der Waals surface area contributed by atoms with Gasteiger partial charge in [-0.15, -0.1) is 0 Å². The maximum atomic E-state index is 12.5. The van der Waals surface area contributed by atoms with Crippen molar-refractivity contribution in [1.29, 1.82) is 0 Å². The minimum Gasteiger partial charge on any atom is -0.354 e. The summed E-state index contributed by atoms with van der Waals surface area (Å²) < 4.78 is 0. The van der Waals surface area contributed by atoms with E-state index < -0.39 is 0 Å². The van der Waals surface area contributed by atoms with Gasteiger partial charge in [-0.25, -0.2) is 0 Å². The highest BCUT2D eigenvalue weighted by Crippen LogP contribution is 2.47. The first kappa shape index (κ1) is 17.7. The highest BCUT2D eigenvalue weighted by molar-refractivity contribution is 5.78. The highest BCUT2D eigenvalue weighted by atomic mass is 16.2. The van der Waals surface area contributed by atoms with Crippen LogP contribution in [0.1, 0.15) is 37.8 Å². The fourth-order valence-corrected chi connectivity index (χ4v) is 3.26. The Balaban J connectivity index is 1.54. The van der Waals surface area contributed by atoms with Gasteiger partial charge in [0.25, 0.3) is 0 Å². The van der Waals surface area contributed by atoms with Gasteiger partial charge in [0.05, 0.1) is 6.54 Å². The van der Waals surface area contributed by atoms with Gasteiger partial charge in [0.1, 0.15) is 0 Å². The zero-order valence-electron chi connectivity index (χ0n) is 15.2. The summed E-state index contributed by atoms with van der Waals surface area (Å²) in [5, 5.41) is 3.17. The molecule has 0 spiro atoms. The summed E-state index contributed by atoms with van der Waals surface area (Å²) in [5.74, 6) is 0.117. The molecule has 0 atom stereocenters. The smallest absolute Gasteiger partial charge is 0.234 e. The van der Waals surface area contributed by atoms with Crippen LogP contribution in [-0.2, 0) is 16.8 Å². The van der Waals surface area contributed by atoms with Gasteiger partial charge in [-0.1, -0.05) is 60.7 Å². The second kappa shape index (κ2) is 7.83. The van der Waals surface area contributed by atoms with Crippen molar-refractivity contribution in [1.82, 2.24) is 10.2 Å². The van der Waals surface area contributed by atoms with E-state index in [4.69, 9.17) is 0 Å². The van der Waals surface area contributed by atoms with E-state index in [0.717, 1.165) is 25.9 Å². The zero-order valence-corrected chi connectivity index (χ0v) is 15.2. The first-order chi connectivity index (χ1) is 12.1. The molecule has 3 nitrogen and oxygen atoms in total. The first-order valence-electron chi connectivity index (χ1n) is 9.19. The Kier molecular flexibility index (Phi) is 5.54. The molecule has 1 fully saturated rings. The predicted octanol–water partition coefficient (Wildman–Crippen LogP) is 3.75. The number of hydrogen-bond acceptors (Lipinski definition) is 2. The Morgan fingerprint density at radius 1 is 1.04 bits per heavy atom. The van der Waals surface area contributed by atoms with Crippen molar-refractivity contribution in [2.75, 3.05) is 13.1 Å². The highest BCUT2D eigenvalue weighted by Gasteiger charge is 2.44. The molecule has 2 aromatic carbocycles. The standard InChI is InChI=1S/C22H28N2O/c1-18(2)24(15-19-9-5-3-6-10-19)16-21(25)23-17-22(13-14-22)20-11-7-4-8-12-20/h3-12,18H,13-17H2,1-2H3,(H,23,25). The molecule has 0 unspecified atom stereocenters. The van der Waals surface area contributed by atoms with E-state index in [-0.39, 0.29) is 11.3 Å². The molecule has 0 heterocycles. The number of rotatable bonds is 8. The molecular weight excluding hydrogens is 308 g/mol. The summed E-state index contributed by atoms with van der Waals surface area (Å²) in [6, 6.07) is 21.2. The lowest BCUT2D eigenvalue weighted by molar-refractivity contribution is -0.122. The van der Waals surface area contributed by atoms with Crippen molar-refractivity contribution in [3.63, 3.8) is 0 Å². The van der Waals surface area contributed by atoms with E-state index in [1.54, 1.807) is 0 Å². The minimum absolute atomic E-state index is 0.117. The lowest BCUT2D eigenvalue weighted by Crippen LogP contribution is -2.42. The third-order valence-corrected chi connectivity index (χ3v) is 5.17. The number of carbonyl (C=O) groups excluding carboxylic acids is 1. The number of nitrogens with one attached hydrogen (secondary N) is 1. The van der Waals surface area contributed by atoms with Crippen LogP contribution in [-0.4, -0.2) is 29.9 Å². The van der Waals surface area contributed by atoms with Gasteiger partial charge in [0.2, 0.25) is 5.91 Å². The summed E-state index contributed by atoms with van der Waals surface area (Å²) in [7, 11) is 0. The predicted molar refractivity (Wildman–Crippen MR) is 102 cm³/mol. The molecule has 1 amide bonds. The van der Waals surface area contributed by atoms with Gasteiger partial charge in [-0.3, -0.25) is 9.69 Å². The van der Waals surface area contributed by atoms with Gasteiger partial charge in [0, 0.05) is 24.5 Å². The molecule has 0 bridgehead atoms. The molecule has 1 N–H and O–H groups in total. The third kappa shape index (κ3) is 4.70. The Morgan fingerprint density at radius 2 is 1.64 bits per heavy atom. The SMILES string of the molecule is CC(C)N(CC(=O)NCC1(c2ccccc2)CC1)Cc1ccccc1. The molecule has 1 saturated carbocycles. The van der Waals surface area contributed by atoms with E-state index in [9.17, 15) is 4.79 Å². The van der Waals surface area contributed by atoms with Crippen LogP contribution < -0.4 is 5.32 Å². The summed E-state index contributed by atoms with van der Waals surface area (Å²) in [6.07, 6.45) is 2.32. The molecule has 0 saturated heterocycles. The molecule has 1 aliphatic carbocycles. The van der Waals surface area contributed by atoms with Crippen LogP contribution in [0.2, 0.25) is 0 Å². The van der Waals surface area contributed by atoms with E-state index in [1.807, 2.05) is 24.3 Å². The van der Waals surface area contributed by atoms with Crippen molar-refractivity contribution in [2.45, 2.75) is 44.7 Å². The van der Waals surface area contributed by atoms with Gasteiger partial charge in [-0.05, 0) is 37.8 Å². The van der Waals surface area contributed by atoms with Crippen LogP contribution in [0.25, 0.3) is 0 Å². The van der Waals surface area contributed by atoms with E-state index in [1.165, 1.54) is 11.1 Å². The topological polar surface area (TPSA) is 32.3 Å². The van der Waals surface area contributed by atoms with Gasteiger partial charge in [-0.2, -0.15) is 0 Å². The summed E-state index contributed by atoms with van der Waals surface area (Å²) in [4.78, 5) is 14.7. The molecule has 1 aliphatic rings. The van der Waals surface area contributed by atoms with Gasteiger partial charge >= 0.3 is 0 Å². The molecule has 132 valence electrons. The third-order valence-electron chi connectivity index (χ3n) is 5.17. The average Bonchev–Trinajstić information content (AvgIpc) is 3.42. The number of amides is 1. The molecule has 0 aromatic heterocycles. The fourth-order valence-electron chi connectivity index (χ4n) is 3.26. The van der Waals surface area contributed by atoms with Crippen LogP contribution >= 0.6 is 0 Å². The monoisotopic (exact) mass is 336 g/mol. The van der Waals surface area contributed by atoms with Gasteiger partial charge < -0.3 is 5.32 Å². The second-order valence-corrected chi connectivity index (χ2v) is 7.41. The quantitative estimate of drug-likeness (QED) is 0.796. The molecule has 3 heteroatoms. The minimum atomic E-state index is 0.117. The maximum Gasteiger partial charge on any atom is 0.234 e. The van der Waals surface area contributed by atoms with Crippen LogP contribution in [0.5, 0.6) is 0 Å². The number of carbonyl (C=O) groups is 1. The van der Waals surface area contributed by atoms with Crippen LogP contribution in [0, 0.1) is 0 Å². The lowest BCUT2D eigenvalue weighted by Gasteiger charge is -2.26. The van der Waals surface area contributed by atoms with Crippen LogP contribution in [0.4, 0.5) is 0 Å². The van der Waals surface area contributed by atoms with Crippen molar-refractivity contribution >= 4 is 5.91 Å². The normalized spacial score (nSPS) is 15.4. The van der Waals surface area contributed by atoms with Crippen molar-refractivity contribution in [3.05, 3.63) is 71.8 Å². The lowest BCUT2D eigenvalue weighted by atomic mass is 9.96. The molecule has 2 aromatic rings. The van der Waals surface area contributed by atoms with Gasteiger partial charge in [0.15, 0.2) is 0 Å². The van der Waals surface area contributed by atoms with Crippen molar-refractivity contribution in [3.8, 4) is 0 Å². The Labute approximate surface area is 151 Å². The van der Waals surface area contributed by atoms with Crippen LogP contribution in [0.15, 0.2) is 60.7 Å². The Morgan fingerprint density at radius 3 is 2.20 bits per heavy atom. The largest absolute Gasteiger partial charge is 0.354 e. The fraction of sp³-hybridized carbons (Fsp3) is 0.409. The first-order valence-corrected chi connectivity index (χ1v) is 9.19. The summed E-state index contributed by atoms with van der Waals surface area (Å²) >= 11 is 0. The Bertz CT molecular complexity index is 678. The Hall–Kier alpha value is -2.13. The van der Waals surface area contributed by atoms with Crippen molar-refractivity contribution < 1.29 is 4.79 Å². The molecule has 25 heavy (non-hydrogen) atoms.